The van der Waals surface area contributed by atoms with E-state index in [1.165, 1.54) is 12.1 Å². The van der Waals surface area contributed by atoms with Crippen molar-refractivity contribution in [1.29, 1.82) is 0 Å². The number of methoxy groups -OCH3 is 2. The van der Waals surface area contributed by atoms with Gasteiger partial charge in [0.1, 0.15) is 12.4 Å². The van der Waals surface area contributed by atoms with Gasteiger partial charge in [-0.3, -0.25) is 4.79 Å². The molecule has 0 aromatic heterocycles. The Kier molecular flexibility index (Phi) is 5.97. The second-order valence-electron chi connectivity index (χ2n) is 4.98. The van der Waals surface area contributed by atoms with Gasteiger partial charge in [-0.2, -0.15) is 0 Å². The van der Waals surface area contributed by atoms with Crippen LogP contribution >= 0.6 is 0 Å². The number of rotatable bonds is 7. The van der Waals surface area contributed by atoms with Crippen molar-refractivity contribution in [1.82, 2.24) is 0 Å². The van der Waals surface area contributed by atoms with Crippen LogP contribution in [0.25, 0.3) is 0 Å². The molecule has 0 atom stereocenters. The van der Waals surface area contributed by atoms with E-state index in [1.807, 2.05) is 12.1 Å². The lowest BCUT2D eigenvalue weighted by Crippen LogP contribution is -2.06. The molecule has 0 saturated heterocycles. The molecule has 2 aromatic rings. The van der Waals surface area contributed by atoms with Gasteiger partial charge in [0.25, 0.3) is 0 Å². The summed E-state index contributed by atoms with van der Waals surface area (Å²) in [6, 6.07) is 11.4. The number of halogens is 1. The van der Waals surface area contributed by atoms with Crippen molar-refractivity contribution < 1.29 is 23.4 Å². The van der Waals surface area contributed by atoms with E-state index in [1.54, 1.807) is 32.4 Å². The third-order valence-electron chi connectivity index (χ3n) is 3.38. The van der Waals surface area contributed by atoms with Crippen LogP contribution < -0.4 is 9.47 Å². The van der Waals surface area contributed by atoms with Crippen LogP contribution in [0, 0.1) is 5.82 Å². The number of carbonyl (C=O) groups excluding carboxylic acids is 1. The zero-order valence-corrected chi connectivity index (χ0v) is 13.2. The minimum Gasteiger partial charge on any atom is -0.493 e. The number of benzene rings is 2. The maximum absolute atomic E-state index is 12.8. The molecule has 0 spiro atoms. The first-order valence-corrected chi connectivity index (χ1v) is 7.23. The van der Waals surface area contributed by atoms with Crippen molar-refractivity contribution in [3.05, 3.63) is 59.4 Å². The quantitative estimate of drug-likeness (QED) is 0.733. The van der Waals surface area contributed by atoms with Gasteiger partial charge in [0.15, 0.2) is 11.5 Å². The summed E-state index contributed by atoms with van der Waals surface area (Å²) in [6.45, 7) is 0.144. The molecule has 0 aliphatic carbocycles. The lowest BCUT2D eigenvalue weighted by molar-refractivity contribution is -0.144. The summed E-state index contributed by atoms with van der Waals surface area (Å²) in [5, 5.41) is 0. The molecule has 0 aliphatic rings. The summed E-state index contributed by atoms with van der Waals surface area (Å²) < 4.78 is 28.4. The molecule has 2 rings (SSSR count). The number of hydrogen-bond donors (Lipinski definition) is 0. The molecule has 0 heterocycles. The van der Waals surface area contributed by atoms with E-state index in [-0.39, 0.29) is 24.8 Å². The summed E-state index contributed by atoms with van der Waals surface area (Å²) in [4.78, 5) is 11.8. The maximum atomic E-state index is 12.8. The van der Waals surface area contributed by atoms with Gasteiger partial charge in [-0.25, -0.2) is 4.39 Å². The average molecular weight is 318 g/mol. The van der Waals surface area contributed by atoms with Gasteiger partial charge in [-0.15, -0.1) is 0 Å². The van der Waals surface area contributed by atoms with Crippen molar-refractivity contribution in [2.75, 3.05) is 14.2 Å². The van der Waals surface area contributed by atoms with Crippen LogP contribution in [0.2, 0.25) is 0 Å². The minimum atomic E-state index is -0.312. The predicted molar refractivity (Wildman–Crippen MR) is 84.1 cm³/mol. The zero-order valence-electron chi connectivity index (χ0n) is 13.2. The van der Waals surface area contributed by atoms with Crippen molar-refractivity contribution in [3.8, 4) is 11.5 Å². The molecular formula is C18H19FO4. The second-order valence-corrected chi connectivity index (χ2v) is 4.98. The lowest BCUT2D eigenvalue weighted by atomic mass is 10.1. The number of hydrogen-bond acceptors (Lipinski definition) is 4. The Morgan fingerprint density at radius 3 is 2.26 bits per heavy atom. The predicted octanol–water partition coefficient (Wildman–Crippen LogP) is 3.52. The van der Waals surface area contributed by atoms with Gasteiger partial charge in [0.05, 0.1) is 14.2 Å². The van der Waals surface area contributed by atoms with Crippen molar-refractivity contribution in [2.24, 2.45) is 0 Å². The van der Waals surface area contributed by atoms with E-state index < -0.39 is 0 Å². The number of ether oxygens (including phenoxy) is 3. The Hall–Kier alpha value is -2.56. The first-order valence-electron chi connectivity index (χ1n) is 7.23. The highest BCUT2D eigenvalue weighted by atomic mass is 19.1. The van der Waals surface area contributed by atoms with E-state index in [9.17, 15) is 9.18 Å². The molecule has 0 saturated carbocycles. The SMILES string of the molecule is COc1ccc(CCC(=O)OCc2ccc(F)cc2)cc1OC. The molecule has 0 amide bonds. The summed E-state index contributed by atoms with van der Waals surface area (Å²) in [5.74, 6) is 0.664. The fraction of sp³-hybridized carbons (Fsp3) is 0.278. The van der Waals surface area contributed by atoms with E-state index in [0.717, 1.165) is 11.1 Å². The van der Waals surface area contributed by atoms with E-state index in [2.05, 4.69) is 0 Å². The Labute approximate surface area is 134 Å². The van der Waals surface area contributed by atoms with Gasteiger partial charge in [0.2, 0.25) is 0 Å². The first-order chi connectivity index (χ1) is 11.1. The van der Waals surface area contributed by atoms with Crippen molar-refractivity contribution >= 4 is 5.97 Å². The largest absolute Gasteiger partial charge is 0.493 e. The molecule has 122 valence electrons. The van der Waals surface area contributed by atoms with Gasteiger partial charge >= 0.3 is 5.97 Å². The van der Waals surface area contributed by atoms with E-state index in [4.69, 9.17) is 14.2 Å². The van der Waals surface area contributed by atoms with Crippen LogP contribution in [0.4, 0.5) is 4.39 Å². The second kappa shape index (κ2) is 8.17. The summed E-state index contributed by atoms with van der Waals surface area (Å²) in [7, 11) is 3.14. The van der Waals surface area contributed by atoms with Gasteiger partial charge in [0, 0.05) is 6.42 Å². The molecule has 23 heavy (non-hydrogen) atoms. The smallest absolute Gasteiger partial charge is 0.306 e. The van der Waals surface area contributed by atoms with Gasteiger partial charge < -0.3 is 14.2 Å². The number of carbonyl (C=O) groups is 1. The molecular weight excluding hydrogens is 299 g/mol. The highest BCUT2D eigenvalue weighted by molar-refractivity contribution is 5.69. The molecule has 0 bridgehead atoms. The Morgan fingerprint density at radius 2 is 1.61 bits per heavy atom. The molecule has 0 aliphatic heterocycles. The zero-order chi connectivity index (χ0) is 16.7. The van der Waals surface area contributed by atoms with Crippen molar-refractivity contribution in [2.45, 2.75) is 19.4 Å². The normalized spacial score (nSPS) is 10.2. The number of esters is 1. The van der Waals surface area contributed by atoms with E-state index >= 15 is 0 Å². The summed E-state index contributed by atoms with van der Waals surface area (Å²) >= 11 is 0. The van der Waals surface area contributed by atoms with E-state index in [0.29, 0.717) is 17.9 Å². The van der Waals surface area contributed by atoms with Crippen LogP contribution in [0.1, 0.15) is 17.5 Å². The fourth-order valence-corrected chi connectivity index (χ4v) is 2.10. The van der Waals surface area contributed by atoms with Crippen molar-refractivity contribution in [3.63, 3.8) is 0 Å². The number of aryl methyl sites for hydroxylation is 1. The monoisotopic (exact) mass is 318 g/mol. The Balaban J connectivity index is 1.83. The van der Waals surface area contributed by atoms with Gasteiger partial charge in [-0.1, -0.05) is 18.2 Å². The highest BCUT2D eigenvalue weighted by Crippen LogP contribution is 2.28. The first kappa shape index (κ1) is 16.8. The molecule has 0 radical (unpaired) electrons. The van der Waals surface area contributed by atoms with Gasteiger partial charge in [-0.05, 0) is 41.8 Å². The van der Waals surface area contributed by atoms with Crippen LogP contribution in [0.15, 0.2) is 42.5 Å². The molecule has 5 heteroatoms. The minimum absolute atomic E-state index is 0.144. The van der Waals surface area contributed by atoms with Crippen LogP contribution in [-0.2, 0) is 22.6 Å². The lowest BCUT2D eigenvalue weighted by Gasteiger charge is -2.09. The average Bonchev–Trinajstić information content (AvgIpc) is 2.59. The summed E-state index contributed by atoms with van der Waals surface area (Å²) in [6.07, 6.45) is 0.805. The molecule has 2 aromatic carbocycles. The molecule has 4 nitrogen and oxygen atoms in total. The third kappa shape index (κ3) is 4.98. The fourth-order valence-electron chi connectivity index (χ4n) is 2.10. The van der Waals surface area contributed by atoms with Crippen LogP contribution in [-0.4, -0.2) is 20.2 Å². The standard InChI is InChI=1S/C18H19FO4/c1-21-16-9-5-13(11-17(16)22-2)6-10-18(20)23-12-14-3-7-15(19)8-4-14/h3-5,7-9,11H,6,10,12H2,1-2H3. The van der Waals surface area contributed by atoms with Crippen LogP contribution in [0.3, 0.4) is 0 Å². The Morgan fingerprint density at radius 1 is 0.957 bits per heavy atom. The Bertz CT molecular complexity index is 653. The molecule has 0 fully saturated rings. The highest BCUT2D eigenvalue weighted by Gasteiger charge is 2.08. The van der Waals surface area contributed by atoms with Crippen LogP contribution in [0.5, 0.6) is 11.5 Å². The molecule has 0 N–H and O–H groups in total. The topological polar surface area (TPSA) is 44.8 Å². The molecule has 0 unspecified atom stereocenters. The summed E-state index contributed by atoms with van der Waals surface area (Å²) in [5.41, 5.74) is 1.72. The third-order valence-corrected chi connectivity index (χ3v) is 3.38. The maximum Gasteiger partial charge on any atom is 0.306 e.